The van der Waals surface area contributed by atoms with Crippen LogP contribution in [-0.4, -0.2) is 22.4 Å². The second-order valence-corrected chi connectivity index (χ2v) is 5.34. The molecule has 4 nitrogen and oxygen atoms in total. The van der Waals surface area contributed by atoms with Crippen LogP contribution in [0.15, 0.2) is 47.1 Å². The lowest BCUT2D eigenvalue weighted by Crippen LogP contribution is -2.25. The van der Waals surface area contributed by atoms with E-state index in [1.54, 1.807) is 61.1 Å². The number of carbonyl (C=O) groups is 2. The minimum atomic E-state index is -0.821. The Morgan fingerprint density at radius 2 is 1.85 bits per heavy atom. The number of halogens is 1. The van der Waals surface area contributed by atoms with Crippen molar-refractivity contribution in [3.8, 4) is 0 Å². The van der Waals surface area contributed by atoms with E-state index in [1.807, 2.05) is 0 Å². The molecule has 0 radical (unpaired) electrons. The van der Waals surface area contributed by atoms with Gasteiger partial charge in [-0.3, -0.25) is 4.79 Å². The third-order valence-electron chi connectivity index (χ3n) is 2.93. The fraction of sp³-hybridized carbons (Fsp3) is 0.200. The molecule has 2 rings (SSSR count). The summed E-state index contributed by atoms with van der Waals surface area (Å²) < 4.78 is 7.74. The Bertz CT molecular complexity index is 631. The summed E-state index contributed by atoms with van der Waals surface area (Å²) in [6.45, 7) is 1.57. The van der Waals surface area contributed by atoms with Gasteiger partial charge in [0.2, 0.25) is 5.78 Å². The average Bonchev–Trinajstić information content (AvgIpc) is 2.85. The highest BCUT2D eigenvalue weighted by molar-refractivity contribution is 9.10. The Kier molecular flexibility index (Phi) is 4.39. The van der Waals surface area contributed by atoms with Gasteiger partial charge in [0.05, 0.1) is 0 Å². The summed E-state index contributed by atoms with van der Waals surface area (Å²) in [5.74, 6) is -0.726. The molecule has 2 aromatic rings. The lowest BCUT2D eigenvalue weighted by Gasteiger charge is -2.12. The maximum atomic E-state index is 12.1. The molecule has 0 amide bonds. The lowest BCUT2D eigenvalue weighted by atomic mass is 10.1. The van der Waals surface area contributed by atoms with Gasteiger partial charge in [0.15, 0.2) is 6.10 Å². The molecular formula is C15H14BrNO3. The van der Waals surface area contributed by atoms with Crippen LogP contribution in [0.2, 0.25) is 0 Å². The molecule has 104 valence electrons. The third kappa shape index (κ3) is 3.17. The maximum Gasteiger partial charge on any atom is 0.355 e. The molecule has 20 heavy (non-hydrogen) atoms. The second kappa shape index (κ2) is 6.05. The number of ketones is 1. The molecule has 0 unspecified atom stereocenters. The zero-order valence-electron chi connectivity index (χ0n) is 11.2. The molecule has 0 aliphatic carbocycles. The first-order valence-electron chi connectivity index (χ1n) is 6.11. The number of aryl methyl sites for hydroxylation is 1. The molecule has 0 spiro atoms. The Balaban J connectivity index is 2.06. The SMILES string of the molecule is C[C@H](OC(=O)c1cccn1C)C(=O)c1ccc(Br)cc1. The molecule has 0 saturated carbocycles. The molecule has 1 atom stereocenters. The predicted molar refractivity (Wildman–Crippen MR) is 78.8 cm³/mol. The molecule has 0 fully saturated rings. The van der Waals surface area contributed by atoms with E-state index in [0.29, 0.717) is 11.3 Å². The van der Waals surface area contributed by atoms with E-state index >= 15 is 0 Å². The molecule has 1 heterocycles. The van der Waals surface area contributed by atoms with Gasteiger partial charge in [0.25, 0.3) is 0 Å². The van der Waals surface area contributed by atoms with Crippen molar-refractivity contribution < 1.29 is 14.3 Å². The van der Waals surface area contributed by atoms with Crippen LogP contribution in [0.1, 0.15) is 27.8 Å². The topological polar surface area (TPSA) is 48.3 Å². The van der Waals surface area contributed by atoms with Crippen LogP contribution in [0.5, 0.6) is 0 Å². The summed E-state index contributed by atoms with van der Waals surface area (Å²) in [5.41, 5.74) is 0.931. The smallest absolute Gasteiger partial charge is 0.355 e. The number of esters is 1. The van der Waals surface area contributed by atoms with Crippen molar-refractivity contribution in [1.82, 2.24) is 4.57 Å². The monoisotopic (exact) mass is 335 g/mol. The highest BCUT2D eigenvalue weighted by Gasteiger charge is 2.21. The second-order valence-electron chi connectivity index (χ2n) is 4.42. The first-order valence-corrected chi connectivity index (χ1v) is 6.90. The van der Waals surface area contributed by atoms with E-state index in [-0.39, 0.29) is 5.78 Å². The van der Waals surface area contributed by atoms with Crippen molar-refractivity contribution in [3.05, 3.63) is 58.3 Å². The van der Waals surface area contributed by atoms with E-state index in [2.05, 4.69) is 15.9 Å². The Hall–Kier alpha value is -1.88. The van der Waals surface area contributed by atoms with Crippen molar-refractivity contribution in [3.63, 3.8) is 0 Å². The maximum absolute atomic E-state index is 12.1. The zero-order chi connectivity index (χ0) is 14.7. The molecule has 1 aromatic carbocycles. The van der Waals surface area contributed by atoms with Gasteiger partial charge in [-0.15, -0.1) is 0 Å². The number of aromatic nitrogens is 1. The average molecular weight is 336 g/mol. The summed E-state index contributed by atoms with van der Waals surface area (Å²) in [5, 5.41) is 0. The predicted octanol–water partition coefficient (Wildman–Crippen LogP) is 3.22. The van der Waals surface area contributed by atoms with E-state index < -0.39 is 12.1 Å². The molecule has 0 aliphatic rings. The number of ether oxygens (including phenoxy) is 1. The van der Waals surface area contributed by atoms with Crippen LogP contribution >= 0.6 is 15.9 Å². The molecule has 5 heteroatoms. The highest BCUT2D eigenvalue weighted by atomic mass is 79.9. The third-order valence-corrected chi connectivity index (χ3v) is 3.46. The van der Waals surface area contributed by atoms with Crippen molar-refractivity contribution in [2.45, 2.75) is 13.0 Å². The number of carbonyl (C=O) groups excluding carboxylic acids is 2. The van der Waals surface area contributed by atoms with Crippen LogP contribution in [0.25, 0.3) is 0 Å². The highest BCUT2D eigenvalue weighted by Crippen LogP contribution is 2.14. The minimum absolute atomic E-state index is 0.222. The van der Waals surface area contributed by atoms with Gasteiger partial charge < -0.3 is 9.30 Å². The van der Waals surface area contributed by atoms with Crippen LogP contribution in [0.4, 0.5) is 0 Å². The Morgan fingerprint density at radius 3 is 2.40 bits per heavy atom. The first kappa shape index (κ1) is 14.5. The molecule has 0 saturated heterocycles. The molecular weight excluding hydrogens is 322 g/mol. The molecule has 0 bridgehead atoms. The van der Waals surface area contributed by atoms with Gasteiger partial charge in [-0.25, -0.2) is 4.79 Å². The summed E-state index contributed by atoms with van der Waals surface area (Å²) in [6, 6.07) is 10.3. The normalized spacial score (nSPS) is 11.9. The van der Waals surface area contributed by atoms with Crippen molar-refractivity contribution in [2.75, 3.05) is 0 Å². The van der Waals surface area contributed by atoms with Gasteiger partial charge >= 0.3 is 5.97 Å². The quantitative estimate of drug-likeness (QED) is 0.636. The number of Topliss-reactive ketones (excluding diaryl/α,β-unsaturated/α-hetero) is 1. The number of rotatable bonds is 4. The summed E-state index contributed by atoms with van der Waals surface area (Å²) in [6.07, 6.45) is 0.927. The molecule has 0 aliphatic heterocycles. The van der Waals surface area contributed by atoms with Gasteiger partial charge in [-0.05, 0) is 31.2 Å². The number of hydrogen-bond acceptors (Lipinski definition) is 3. The first-order chi connectivity index (χ1) is 9.49. The minimum Gasteiger partial charge on any atom is -0.450 e. The van der Waals surface area contributed by atoms with Gasteiger partial charge in [0, 0.05) is 23.3 Å². The molecule has 0 N–H and O–H groups in total. The fourth-order valence-corrected chi connectivity index (χ4v) is 2.06. The Morgan fingerprint density at radius 1 is 1.20 bits per heavy atom. The van der Waals surface area contributed by atoms with Crippen LogP contribution < -0.4 is 0 Å². The fourth-order valence-electron chi connectivity index (χ4n) is 1.80. The van der Waals surface area contributed by atoms with Crippen molar-refractivity contribution in [1.29, 1.82) is 0 Å². The van der Waals surface area contributed by atoms with E-state index in [9.17, 15) is 9.59 Å². The van der Waals surface area contributed by atoms with Crippen LogP contribution in [-0.2, 0) is 11.8 Å². The summed E-state index contributed by atoms with van der Waals surface area (Å²) >= 11 is 3.31. The van der Waals surface area contributed by atoms with Gasteiger partial charge in [-0.1, -0.05) is 28.1 Å². The van der Waals surface area contributed by atoms with Crippen LogP contribution in [0, 0.1) is 0 Å². The summed E-state index contributed by atoms with van der Waals surface area (Å²) in [4.78, 5) is 24.1. The van der Waals surface area contributed by atoms with Crippen molar-refractivity contribution in [2.24, 2.45) is 7.05 Å². The number of benzene rings is 1. The van der Waals surface area contributed by atoms with Gasteiger partial charge in [0.1, 0.15) is 5.69 Å². The van der Waals surface area contributed by atoms with E-state index in [0.717, 1.165) is 4.47 Å². The Labute approximate surface area is 125 Å². The van der Waals surface area contributed by atoms with E-state index in [1.165, 1.54) is 0 Å². The number of nitrogens with zero attached hydrogens (tertiary/aromatic N) is 1. The number of hydrogen-bond donors (Lipinski definition) is 0. The summed E-state index contributed by atoms with van der Waals surface area (Å²) in [7, 11) is 1.75. The largest absolute Gasteiger partial charge is 0.450 e. The standard InChI is InChI=1S/C15H14BrNO3/c1-10(14(18)11-5-7-12(16)8-6-11)20-15(19)13-4-3-9-17(13)2/h3-10H,1-2H3/t10-/m0/s1. The van der Waals surface area contributed by atoms with E-state index in [4.69, 9.17) is 4.74 Å². The van der Waals surface area contributed by atoms with Crippen LogP contribution in [0.3, 0.4) is 0 Å². The zero-order valence-corrected chi connectivity index (χ0v) is 12.8. The van der Waals surface area contributed by atoms with Crippen molar-refractivity contribution >= 4 is 27.7 Å². The van der Waals surface area contributed by atoms with Gasteiger partial charge in [-0.2, -0.15) is 0 Å². The lowest BCUT2D eigenvalue weighted by molar-refractivity contribution is 0.0309. The molecule has 1 aromatic heterocycles.